The minimum atomic E-state index is -3.43. The molecule has 1 aromatic rings. The van der Waals surface area contributed by atoms with Crippen LogP contribution in [0, 0.1) is 6.92 Å². The summed E-state index contributed by atoms with van der Waals surface area (Å²) < 4.78 is 23.4. The van der Waals surface area contributed by atoms with Crippen LogP contribution in [0.5, 0.6) is 0 Å². The van der Waals surface area contributed by atoms with E-state index in [2.05, 4.69) is 0 Å². The molecule has 1 aliphatic rings. The maximum Gasteiger partial charge on any atom is 0.326 e. The Hall–Kier alpha value is -1.89. The maximum atomic E-state index is 12.4. The van der Waals surface area contributed by atoms with Gasteiger partial charge in [0.15, 0.2) is 9.84 Å². The monoisotopic (exact) mass is 311 g/mol. The fourth-order valence-electron chi connectivity index (χ4n) is 2.56. The van der Waals surface area contributed by atoms with Crippen molar-refractivity contribution in [2.75, 3.05) is 12.8 Å². The summed E-state index contributed by atoms with van der Waals surface area (Å²) in [4.78, 5) is 24.9. The van der Waals surface area contributed by atoms with Crippen molar-refractivity contribution in [1.29, 1.82) is 0 Å². The minimum absolute atomic E-state index is 0.0967. The molecule has 1 atom stereocenters. The van der Waals surface area contributed by atoms with Crippen molar-refractivity contribution in [2.24, 2.45) is 0 Å². The van der Waals surface area contributed by atoms with Crippen molar-refractivity contribution >= 4 is 21.7 Å². The molecule has 2 rings (SSSR count). The van der Waals surface area contributed by atoms with E-state index in [0.717, 1.165) is 6.26 Å². The van der Waals surface area contributed by atoms with Crippen LogP contribution in [0.25, 0.3) is 0 Å². The number of aliphatic carboxylic acids is 1. The summed E-state index contributed by atoms with van der Waals surface area (Å²) in [5, 5.41) is 9.12. The minimum Gasteiger partial charge on any atom is -0.480 e. The molecular formula is C14H17NO5S. The first-order chi connectivity index (χ1) is 9.71. The van der Waals surface area contributed by atoms with Crippen molar-refractivity contribution in [3.05, 3.63) is 29.3 Å². The van der Waals surface area contributed by atoms with E-state index in [4.69, 9.17) is 5.11 Å². The maximum absolute atomic E-state index is 12.4. The van der Waals surface area contributed by atoms with E-state index in [1.54, 1.807) is 13.0 Å². The average molecular weight is 311 g/mol. The number of carbonyl (C=O) groups is 2. The zero-order valence-corrected chi connectivity index (χ0v) is 12.7. The third-order valence-corrected chi connectivity index (χ3v) is 4.87. The van der Waals surface area contributed by atoms with Crippen LogP contribution in [0.4, 0.5) is 0 Å². The highest BCUT2D eigenvalue weighted by Gasteiger charge is 2.34. The van der Waals surface area contributed by atoms with E-state index in [-0.39, 0.29) is 10.5 Å². The highest BCUT2D eigenvalue weighted by Crippen LogP contribution is 2.23. The fourth-order valence-corrected chi connectivity index (χ4v) is 3.56. The third-order valence-electron chi connectivity index (χ3n) is 3.63. The first-order valence-electron chi connectivity index (χ1n) is 6.56. The Morgan fingerprint density at radius 3 is 2.57 bits per heavy atom. The van der Waals surface area contributed by atoms with Crippen molar-refractivity contribution in [1.82, 2.24) is 4.90 Å². The fraction of sp³-hybridized carbons (Fsp3) is 0.429. The van der Waals surface area contributed by atoms with Gasteiger partial charge in [0, 0.05) is 18.4 Å². The molecule has 0 radical (unpaired) electrons. The number of hydrogen-bond donors (Lipinski definition) is 1. The molecular weight excluding hydrogens is 294 g/mol. The highest BCUT2D eigenvalue weighted by atomic mass is 32.2. The molecule has 114 valence electrons. The summed E-state index contributed by atoms with van der Waals surface area (Å²) in [5.41, 5.74) is 0.763. The number of likely N-dealkylation sites (tertiary alicyclic amines) is 1. The van der Waals surface area contributed by atoms with Gasteiger partial charge in [-0.25, -0.2) is 13.2 Å². The zero-order valence-electron chi connectivity index (χ0n) is 11.9. The SMILES string of the molecule is Cc1ccc(C(=O)N2CCC[C@@H]2C(=O)O)cc1S(C)(=O)=O. The number of carbonyl (C=O) groups excluding carboxylic acids is 1. The summed E-state index contributed by atoms with van der Waals surface area (Å²) >= 11 is 0. The molecule has 0 unspecified atom stereocenters. The normalized spacial score (nSPS) is 18.8. The average Bonchev–Trinajstić information content (AvgIpc) is 2.86. The Kier molecular flexibility index (Phi) is 4.04. The summed E-state index contributed by atoms with van der Waals surface area (Å²) in [6.45, 7) is 2.03. The van der Waals surface area contributed by atoms with Gasteiger partial charge in [-0.05, 0) is 37.5 Å². The van der Waals surface area contributed by atoms with Gasteiger partial charge < -0.3 is 10.0 Å². The van der Waals surface area contributed by atoms with Gasteiger partial charge in [-0.1, -0.05) is 6.07 Å². The number of amides is 1. The molecule has 1 saturated heterocycles. The Bertz CT molecular complexity index is 695. The Balaban J connectivity index is 2.39. The number of nitrogens with zero attached hydrogens (tertiary/aromatic N) is 1. The molecule has 1 fully saturated rings. The smallest absolute Gasteiger partial charge is 0.326 e. The lowest BCUT2D eigenvalue weighted by molar-refractivity contribution is -0.141. The van der Waals surface area contributed by atoms with Crippen LogP contribution in [0.3, 0.4) is 0 Å². The molecule has 1 heterocycles. The first-order valence-corrected chi connectivity index (χ1v) is 8.45. The van der Waals surface area contributed by atoms with Crippen LogP contribution >= 0.6 is 0 Å². The third kappa shape index (κ3) is 3.07. The van der Waals surface area contributed by atoms with E-state index in [9.17, 15) is 18.0 Å². The molecule has 0 spiro atoms. The van der Waals surface area contributed by atoms with E-state index in [1.165, 1.54) is 17.0 Å². The standard InChI is InChI=1S/C14H17NO5S/c1-9-5-6-10(8-12(9)21(2,19)20)13(16)15-7-3-4-11(15)14(17)18/h5-6,8,11H,3-4,7H2,1-2H3,(H,17,18)/t11-/m1/s1. The van der Waals surface area contributed by atoms with Gasteiger partial charge in [0.1, 0.15) is 6.04 Å². The lowest BCUT2D eigenvalue weighted by Gasteiger charge is -2.21. The largest absolute Gasteiger partial charge is 0.480 e. The molecule has 1 amide bonds. The molecule has 0 aromatic heterocycles. The van der Waals surface area contributed by atoms with Gasteiger partial charge in [0.05, 0.1) is 4.90 Å². The molecule has 1 N–H and O–H groups in total. The van der Waals surface area contributed by atoms with Crippen molar-refractivity contribution in [2.45, 2.75) is 30.7 Å². The van der Waals surface area contributed by atoms with Gasteiger partial charge >= 0.3 is 5.97 Å². The predicted octanol–water partition coefficient (Wildman–Crippen LogP) is 1.09. The van der Waals surface area contributed by atoms with Gasteiger partial charge in [-0.3, -0.25) is 4.79 Å². The molecule has 0 aliphatic carbocycles. The molecule has 0 saturated carbocycles. The van der Waals surface area contributed by atoms with Crippen LogP contribution < -0.4 is 0 Å². The number of hydrogen-bond acceptors (Lipinski definition) is 4. The molecule has 21 heavy (non-hydrogen) atoms. The quantitative estimate of drug-likeness (QED) is 0.902. The van der Waals surface area contributed by atoms with Crippen LogP contribution in [0.15, 0.2) is 23.1 Å². The van der Waals surface area contributed by atoms with E-state index >= 15 is 0 Å². The Morgan fingerprint density at radius 2 is 2.00 bits per heavy atom. The zero-order chi connectivity index (χ0) is 15.8. The second-order valence-corrected chi connectivity index (χ2v) is 7.23. The topological polar surface area (TPSA) is 91.8 Å². The van der Waals surface area contributed by atoms with Gasteiger partial charge in [0.25, 0.3) is 5.91 Å². The molecule has 0 bridgehead atoms. The number of aryl methyl sites for hydroxylation is 1. The number of carboxylic acids is 1. The predicted molar refractivity (Wildman–Crippen MR) is 76.0 cm³/mol. The number of benzene rings is 1. The van der Waals surface area contributed by atoms with Crippen molar-refractivity contribution in [3.8, 4) is 0 Å². The lowest BCUT2D eigenvalue weighted by atomic mass is 10.1. The van der Waals surface area contributed by atoms with Crippen LogP contribution in [0.2, 0.25) is 0 Å². The second-order valence-electron chi connectivity index (χ2n) is 5.25. The Labute approximate surface area is 123 Å². The highest BCUT2D eigenvalue weighted by molar-refractivity contribution is 7.90. The van der Waals surface area contributed by atoms with Gasteiger partial charge in [0.2, 0.25) is 0 Å². The van der Waals surface area contributed by atoms with E-state index < -0.39 is 27.8 Å². The number of sulfone groups is 1. The van der Waals surface area contributed by atoms with E-state index in [0.29, 0.717) is 24.9 Å². The van der Waals surface area contributed by atoms with Crippen LogP contribution in [0.1, 0.15) is 28.8 Å². The molecule has 7 heteroatoms. The van der Waals surface area contributed by atoms with Crippen LogP contribution in [-0.4, -0.2) is 49.1 Å². The Morgan fingerprint density at radius 1 is 1.33 bits per heavy atom. The first kappa shape index (κ1) is 15.5. The van der Waals surface area contributed by atoms with E-state index in [1.807, 2.05) is 0 Å². The number of carboxylic acid groups (broad SMARTS) is 1. The second kappa shape index (κ2) is 5.48. The summed E-state index contributed by atoms with van der Waals surface area (Å²) in [5.74, 6) is -1.47. The lowest BCUT2D eigenvalue weighted by Crippen LogP contribution is -2.40. The van der Waals surface area contributed by atoms with Crippen LogP contribution in [-0.2, 0) is 14.6 Å². The summed E-state index contributed by atoms with van der Waals surface area (Å²) in [6, 6.07) is 3.59. The summed E-state index contributed by atoms with van der Waals surface area (Å²) in [6.07, 6.45) is 2.14. The summed E-state index contributed by atoms with van der Waals surface area (Å²) in [7, 11) is -3.43. The molecule has 1 aromatic carbocycles. The van der Waals surface area contributed by atoms with Gasteiger partial charge in [-0.2, -0.15) is 0 Å². The van der Waals surface area contributed by atoms with Crippen molar-refractivity contribution in [3.63, 3.8) is 0 Å². The molecule has 1 aliphatic heterocycles. The van der Waals surface area contributed by atoms with Gasteiger partial charge in [-0.15, -0.1) is 0 Å². The van der Waals surface area contributed by atoms with Crippen molar-refractivity contribution < 1.29 is 23.1 Å². The molecule has 6 nitrogen and oxygen atoms in total. The number of rotatable bonds is 3.